The van der Waals surface area contributed by atoms with Crippen molar-refractivity contribution in [2.24, 2.45) is 0 Å². The minimum atomic E-state index is -1.59. The molecule has 0 heterocycles. The summed E-state index contributed by atoms with van der Waals surface area (Å²) >= 11 is 0. The standard InChI is InChI=1S/C10H22O2Si.C8H13NO/c1-10(2,3)13(4,5)12-9-7-6-8-11;1-2-3-4-7-10-8-5-6-9/h6-7,11H,8-9H2,1-5H3;3-4H,2,5,7-8H2,1H3/b7-6-;4-3-. The summed E-state index contributed by atoms with van der Waals surface area (Å²) in [6, 6.07) is 2.01. The van der Waals surface area contributed by atoms with Gasteiger partial charge in [-0.15, -0.1) is 0 Å². The minimum absolute atomic E-state index is 0.0981. The Hall–Kier alpha value is -0.933. The molecule has 23 heavy (non-hydrogen) atoms. The Morgan fingerprint density at radius 1 is 1.09 bits per heavy atom. The van der Waals surface area contributed by atoms with Gasteiger partial charge >= 0.3 is 0 Å². The van der Waals surface area contributed by atoms with Crippen molar-refractivity contribution in [3.05, 3.63) is 24.3 Å². The molecule has 0 aromatic heterocycles. The highest BCUT2D eigenvalue weighted by Gasteiger charge is 2.36. The maximum absolute atomic E-state index is 8.52. The zero-order valence-corrected chi connectivity index (χ0v) is 16.8. The first kappa shape index (κ1) is 24.3. The largest absolute Gasteiger partial charge is 0.413 e. The molecule has 0 aliphatic rings. The molecular weight excluding hydrogens is 306 g/mol. The van der Waals surface area contributed by atoms with Crippen LogP contribution in [0.15, 0.2) is 24.3 Å². The van der Waals surface area contributed by atoms with Crippen LogP contribution in [0, 0.1) is 11.3 Å². The van der Waals surface area contributed by atoms with Crippen molar-refractivity contribution < 1.29 is 14.3 Å². The van der Waals surface area contributed by atoms with E-state index >= 15 is 0 Å². The van der Waals surface area contributed by atoms with Crippen molar-refractivity contribution in [1.29, 1.82) is 5.26 Å². The van der Waals surface area contributed by atoms with Gasteiger partial charge in [0.2, 0.25) is 0 Å². The number of aliphatic hydroxyl groups excluding tert-OH is 1. The SMILES string of the molecule is CC(C)(C)[Si](C)(C)OC/C=C\CO.CC/C=C\COCCC#N. The molecule has 0 bridgehead atoms. The maximum Gasteiger partial charge on any atom is 0.192 e. The Labute approximate surface area is 143 Å². The van der Waals surface area contributed by atoms with Gasteiger partial charge in [0.15, 0.2) is 8.32 Å². The summed E-state index contributed by atoms with van der Waals surface area (Å²) in [6.45, 7) is 15.1. The Balaban J connectivity index is 0. The third kappa shape index (κ3) is 15.7. The van der Waals surface area contributed by atoms with Crippen molar-refractivity contribution in [1.82, 2.24) is 0 Å². The van der Waals surface area contributed by atoms with E-state index < -0.39 is 8.32 Å². The molecule has 0 aromatic rings. The van der Waals surface area contributed by atoms with Gasteiger partial charge in [-0.05, 0) is 24.6 Å². The zero-order chi connectivity index (χ0) is 18.2. The molecule has 0 spiro atoms. The first-order valence-corrected chi connectivity index (χ1v) is 11.1. The third-order valence-corrected chi connectivity index (χ3v) is 8.09. The Bertz CT molecular complexity index is 365. The monoisotopic (exact) mass is 341 g/mol. The van der Waals surface area contributed by atoms with Gasteiger partial charge < -0.3 is 14.3 Å². The first-order chi connectivity index (χ1) is 10.7. The van der Waals surface area contributed by atoms with Crippen LogP contribution in [-0.4, -0.2) is 39.9 Å². The predicted molar refractivity (Wildman–Crippen MR) is 99.9 cm³/mol. The molecule has 0 saturated carbocycles. The predicted octanol–water partition coefficient (Wildman–Crippen LogP) is 4.44. The number of allylic oxidation sites excluding steroid dienone is 1. The fourth-order valence-corrected chi connectivity index (χ4v) is 2.07. The van der Waals surface area contributed by atoms with Crippen LogP contribution in [0.4, 0.5) is 0 Å². The summed E-state index contributed by atoms with van der Waals surface area (Å²) in [7, 11) is -1.59. The number of nitrogens with zero attached hydrogens (tertiary/aromatic N) is 1. The molecule has 0 aliphatic carbocycles. The van der Waals surface area contributed by atoms with Crippen LogP contribution in [0.5, 0.6) is 0 Å². The van der Waals surface area contributed by atoms with Crippen molar-refractivity contribution in [2.75, 3.05) is 26.4 Å². The third-order valence-electron chi connectivity index (χ3n) is 3.59. The summed E-state index contributed by atoms with van der Waals surface area (Å²) in [5.41, 5.74) is 0. The molecule has 0 atom stereocenters. The van der Waals surface area contributed by atoms with E-state index in [0.717, 1.165) is 6.42 Å². The summed E-state index contributed by atoms with van der Waals surface area (Å²) in [5, 5.41) is 16.9. The summed E-state index contributed by atoms with van der Waals surface area (Å²) in [5.74, 6) is 0. The van der Waals surface area contributed by atoms with Crippen molar-refractivity contribution in [3.63, 3.8) is 0 Å². The average molecular weight is 342 g/mol. The van der Waals surface area contributed by atoms with E-state index in [0.29, 0.717) is 26.2 Å². The lowest BCUT2D eigenvalue weighted by molar-refractivity contribution is 0.168. The van der Waals surface area contributed by atoms with Crippen LogP contribution in [0.25, 0.3) is 0 Å². The Morgan fingerprint density at radius 2 is 1.70 bits per heavy atom. The van der Waals surface area contributed by atoms with E-state index in [1.165, 1.54) is 0 Å². The van der Waals surface area contributed by atoms with Crippen LogP contribution in [-0.2, 0) is 9.16 Å². The van der Waals surface area contributed by atoms with Crippen molar-refractivity contribution in [3.8, 4) is 6.07 Å². The number of hydrogen-bond donors (Lipinski definition) is 1. The number of aliphatic hydroxyl groups is 1. The van der Waals surface area contributed by atoms with Gasteiger partial charge in [0.25, 0.3) is 0 Å². The smallest absolute Gasteiger partial charge is 0.192 e. The molecule has 4 nitrogen and oxygen atoms in total. The van der Waals surface area contributed by atoms with Crippen molar-refractivity contribution in [2.45, 2.75) is 58.7 Å². The second-order valence-corrected chi connectivity index (χ2v) is 11.4. The molecule has 134 valence electrons. The van der Waals surface area contributed by atoms with Crippen LogP contribution in [0.2, 0.25) is 18.1 Å². The van der Waals surface area contributed by atoms with E-state index in [4.69, 9.17) is 19.5 Å². The lowest BCUT2D eigenvalue weighted by atomic mass is 10.2. The number of nitriles is 1. The normalized spacial score (nSPS) is 12.3. The van der Waals surface area contributed by atoms with Crippen LogP contribution in [0.1, 0.15) is 40.5 Å². The van der Waals surface area contributed by atoms with E-state index in [1.807, 2.05) is 24.3 Å². The second-order valence-electron chi connectivity index (χ2n) is 6.59. The molecule has 0 unspecified atom stereocenters. The molecule has 1 N–H and O–H groups in total. The molecule has 0 aliphatic heterocycles. The molecule has 0 rings (SSSR count). The van der Waals surface area contributed by atoms with Gasteiger partial charge in [-0.25, -0.2) is 0 Å². The average Bonchev–Trinajstić information content (AvgIpc) is 2.47. The number of rotatable bonds is 9. The van der Waals surface area contributed by atoms with Gasteiger partial charge in [0.1, 0.15) is 0 Å². The molecular formula is C18H35NO3Si. The van der Waals surface area contributed by atoms with Crippen molar-refractivity contribution >= 4 is 8.32 Å². The quantitative estimate of drug-likeness (QED) is 0.382. The highest BCUT2D eigenvalue weighted by molar-refractivity contribution is 6.74. The van der Waals surface area contributed by atoms with Gasteiger partial charge in [-0.2, -0.15) is 5.26 Å². The van der Waals surface area contributed by atoms with E-state index in [9.17, 15) is 0 Å². The summed E-state index contributed by atoms with van der Waals surface area (Å²) in [6.07, 6.45) is 9.14. The second kappa shape index (κ2) is 14.6. The molecule has 0 radical (unpaired) electrons. The molecule has 0 fully saturated rings. The highest BCUT2D eigenvalue weighted by atomic mass is 28.4. The van der Waals surface area contributed by atoms with Crippen LogP contribution >= 0.6 is 0 Å². The molecule has 0 aromatic carbocycles. The van der Waals surface area contributed by atoms with Crippen LogP contribution < -0.4 is 0 Å². The molecule has 0 amide bonds. The number of ether oxygens (including phenoxy) is 1. The fraction of sp³-hybridized carbons (Fsp3) is 0.722. The zero-order valence-electron chi connectivity index (χ0n) is 15.8. The highest BCUT2D eigenvalue weighted by Crippen LogP contribution is 2.36. The topological polar surface area (TPSA) is 62.5 Å². The van der Waals surface area contributed by atoms with Crippen LogP contribution in [0.3, 0.4) is 0 Å². The molecule has 5 heteroatoms. The Kier molecular flexibility index (Phi) is 15.5. The maximum atomic E-state index is 8.52. The van der Waals surface area contributed by atoms with Gasteiger partial charge in [0, 0.05) is 0 Å². The lowest BCUT2D eigenvalue weighted by Crippen LogP contribution is -2.40. The summed E-state index contributed by atoms with van der Waals surface area (Å²) in [4.78, 5) is 0. The van der Waals surface area contributed by atoms with E-state index in [-0.39, 0.29) is 11.6 Å². The van der Waals surface area contributed by atoms with E-state index in [2.05, 4.69) is 40.8 Å². The lowest BCUT2D eigenvalue weighted by Gasteiger charge is -2.35. The Morgan fingerprint density at radius 3 is 2.17 bits per heavy atom. The minimum Gasteiger partial charge on any atom is -0.413 e. The van der Waals surface area contributed by atoms with Gasteiger partial charge in [-0.3, -0.25) is 0 Å². The fourth-order valence-electron chi connectivity index (χ4n) is 1.12. The van der Waals surface area contributed by atoms with E-state index in [1.54, 1.807) is 6.08 Å². The first-order valence-electron chi connectivity index (χ1n) is 8.22. The number of hydrogen-bond acceptors (Lipinski definition) is 4. The van der Waals surface area contributed by atoms with Gasteiger partial charge in [-0.1, -0.05) is 52.0 Å². The molecule has 0 saturated heterocycles. The van der Waals surface area contributed by atoms with Gasteiger partial charge in [0.05, 0.1) is 38.9 Å². The summed E-state index contributed by atoms with van der Waals surface area (Å²) < 4.78 is 10.9.